The molecule has 0 atom stereocenters. The number of nitrogens with two attached hydrogens (primary N) is 1. The lowest BCUT2D eigenvalue weighted by atomic mass is 10.2. The summed E-state index contributed by atoms with van der Waals surface area (Å²) >= 11 is 5.77. The van der Waals surface area contributed by atoms with Crippen molar-refractivity contribution < 1.29 is 21.2 Å². The quantitative estimate of drug-likeness (QED) is 0.798. The van der Waals surface area contributed by atoms with Crippen molar-refractivity contribution in [2.75, 3.05) is 4.72 Å². The van der Waals surface area contributed by atoms with Gasteiger partial charge in [0, 0.05) is 5.02 Å². The highest BCUT2D eigenvalue weighted by Gasteiger charge is 2.20. The average molecular weight is 405 g/mol. The molecule has 6 nitrogen and oxygen atoms in total. The van der Waals surface area contributed by atoms with Gasteiger partial charge in [0.15, 0.2) is 0 Å². The van der Waals surface area contributed by atoms with Gasteiger partial charge in [0.25, 0.3) is 10.0 Å². The zero-order valence-electron chi connectivity index (χ0n) is 12.9. The Morgan fingerprint density at radius 3 is 2.28 bits per heavy atom. The Morgan fingerprint density at radius 1 is 1.12 bits per heavy atom. The molecule has 0 spiro atoms. The van der Waals surface area contributed by atoms with Crippen LogP contribution in [0.25, 0.3) is 6.08 Å². The number of hydrogen-bond donors (Lipinski definition) is 2. The highest BCUT2D eigenvalue weighted by molar-refractivity contribution is 7.96. The van der Waals surface area contributed by atoms with Crippen LogP contribution in [0.5, 0.6) is 0 Å². The van der Waals surface area contributed by atoms with Crippen LogP contribution in [-0.2, 0) is 20.0 Å². The standard InChI is InChI=1S/C15H14ClFN2O4S2/c1-10(8-11-2-4-12(16)5-3-11)25(22,23)19-14-7-6-13(17)9-15(14)24(18,20)21/h2-9,19H,1H3,(H2,18,20,21). The van der Waals surface area contributed by atoms with Gasteiger partial charge in [-0.2, -0.15) is 0 Å². The smallest absolute Gasteiger partial charge is 0.257 e. The molecule has 2 aromatic carbocycles. The topological polar surface area (TPSA) is 106 Å². The number of benzene rings is 2. The van der Waals surface area contributed by atoms with Crippen LogP contribution >= 0.6 is 11.6 Å². The first-order valence-corrected chi connectivity index (χ1v) is 10.2. The lowest BCUT2D eigenvalue weighted by Crippen LogP contribution is -2.19. The molecule has 0 radical (unpaired) electrons. The van der Waals surface area contributed by atoms with E-state index in [1.165, 1.54) is 13.0 Å². The maximum Gasteiger partial charge on any atom is 0.257 e. The molecule has 0 saturated carbocycles. The van der Waals surface area contributed by atoms with Gasteiger partial charge in [-0.1, -0.05) is 23.7 Å². The Kier molecular flexibility index (Phi) is 5.52. The molecule has 0 aromatic heterocycles. The number of nitrogens with one attached hydrogen (secondary N) is 1. The van der Waals surface area contributed by atoms with Crippen molar-refractivity contribution in [1.82, 2.24) is 0 Å². The summed E-state index contributed by atoms with van der Waals surface area (Å²) in [6.45, 7) is 1.33. The summed E-state index contributed by atoms with van der Waals surface area (Å²) in [6, 6.07) is 8.99. The Hall–Kier alpha value is -1.94. The minimum absolute atomic E-state index is 0.0838. The molecule has 0 heterocycles. The Bertz CT molecular complexity index is 1030. The maximum atomic E-state index is 13.3. The third-order valence-electron chi connectivity index (χ3n) is 3.16. The molecule has 0 aliphatic rings. The summed E-state index contributed by atoms with van der Waals surface area (Å²) in [7, 11) is -8.40. The minimum Gasteiger partial charge on any atom is -0.279 e. The van der Waals surface area contributed by atoms with Crippen LogP contribution in [0.1, 0.15) is 12.5 Å². The Morgan fingerprint density at radius 2 is 1.72 bits per heavy atom. The number of hydrogen-bond acceptors (Lipinski definition) is 4. The number of rotatable bonds is 5. The highest BCUT2D eigenvalue weighted by atomic mass is 35.5. The summed E-state index contributed by atoms with van der Waals surface area (Å²) in [5.74, 6) is -0.861. The molecular weight excluding hydrogens is 391 g/mol. The van der Waals surface area contributed by atoms with Gasteiger partial charge in [-0.15, -0.1) is 0 Å². The number of sulfonamides is 2. The largest absolute Gasteiger partial charge is 0.279 e. The Balaban J connectivity index is 2.41. The van der Waals surface area contributed by atoms with Crippen LogP contribution in [0.15, 0.2) is 52.3 Å². The zero-order valence-corrected chi connectivity index (χ0v) is 15.3. The van der Waals surface area contributed by atoms with E-state index in [0.29, 0.717) is 16.7 Å². The van der Waals surface area contributed by atoms with Gasteiger partial charge in [0.1, 0.15) is 10.7 Å². The fourth-order valence-electron chi connectivity index (χ4n) is 1.91. The molecule has 0 aliphatic heterocycles. The number of allylic oxidation sites excluding steroid dienone is 1. The average Bonchev–Trinajstić information content (AvgIpc) is 2.50. The minimum atomic E-state index is -4.32. The van der Waals surface area contributed by atoms with E-state index in [2.05, 4.69) is 4.72 Å². The normalized spacial score (nSPS) is 12.9. The fraction of sp³-hybridized carbons (Fsp3) is 0.0667. The molecule has 0 saturated heterocycles. The maximum absolute atomic E-state index is 13.3. The molecule has 10 heteroatoms. The Labute approximate surface area is 150 Å². The summed E-state index contributed by atoms with van der Waals surface area (Å²) in [6.07, 6.45) is 1.37. The van der Waals surface area contributed by atoms with E-state index in [1.54, 1.807) is 24.3 Å². The first-order chi connectivity index (χ1) is 11.5. The molecule has 0 bridgehead atoms. The van der Waals surface area contributed by atoms with Crippen molar-refractivity contribution in [3.8, 4) is 0 Å². The second-order valence-electron chi connectivity index (χ2n) is 5.10. The van der Waals surface area contributed by atoms with E-state index in [9.17, 15) is 21.2 Å². The van der Waals surface area contributed by atoms with E-state index in [1.807, 2.05) is 0 Å². The summed E-state index contributed by atoms with van der Waals surface area (Å²) in [5, 5.41) is 5.50. The first-order valence-electron chi connectivity index (χ1n) is 6.78. The third-order valence-corrected chi connectivity index (χ3v) is 5.82. The molecule has 3 N–H and O–H groups in total. The molecule has 0 amide bonds. The van der Waals surface area contributed by atoms with Crippen molar-refractivity contribution in [2.45, 2.75) is 11.8 Å². The molecule has 2 rings (SSSR count). The van der Waals surface area contributed by atoms with Crippen molar-refractivity contribution in [3.63, 3.8) is 0 Å². The predicted molar refractivity (Wildman–Crippen MR) is 95.4 cm³/mol. The van der Waals surface area contributed by atoms with Crippen molar-refractivity contribution >= 4 is 43.4 Å². The summed E-state index contributed by atoms with van der Waals surface area (Å²) < 4.78 is 63.2. The van der Waals surface area contributed by atoms with Crippen LogP contribution in [0.2, 0.25) is 5.02 Å². The second-order valence-corrected chi connectivity index (χ2v) is 8.92. The number of anilines is 1. The van der Waals surface area contributed by atoms with Crippen molar-refractivity contribution in [2.24, 2.45) is 5.14 Å². The van der Waals surface area contributed by atoms with Gasteiger partial charge in [-0.3, -0.25) is 4.72 Å². The van der Waals surface area contributed by atoms with Crippen molar-refractivity contribution in [1.29, 1.82) is 0 Å². The van der Waals surface area contributed by atoms with Crippen LogP contribution in [0, 0.1) is 5.82 Å². The molecule has 25 heavy (non-hydrogen) atoms. The highest BCUT2D eigenvalue weighted by Crippen LogP contribution is 2.24. The summed E-state index contributed by atoms with van der Waals surface area (Å²) in [5.41, 5.74) is 0.241. The molecule has 134 valence electrons. The second kappa shape index (κ2) is 7.12. The molecular formula is C15H14ClFN2O4S2. The third kappa shape index (κ3) is 5.02. The van der Waals surface area contributed by atoms with E-state index >= 15 is 0 Å². The van der Waals surface area contributed by atoms with E-state index in [-0.39, 0.29) is 10.6 Å². The fourth-order valence-corrected chi connectivity index (χ4v) is 3.73. The van der Waals surface area contributed by atoms with Crippen LogP contribution < -0.4 is 9.86 Å². The lowest BCUT2D eigenvalue weighted by molar-refractivity contribution is 0.592. The van der Waals surface area contributed by atoms with E-state index in [0.717, 1.165) is 12.1 Å². The molecule has 2 aromatic rings. The lowest BCUT2D eigenvalue weighted by Gasteiger charge is -2.12. The van der Waals surface area contributed by atoms with Gasteiger partial charge in [0.05, 0.1) is 10.6 Å². The van der Waals surface area contributed by atoms with Gasteiger partial charge in [-0.05, 0) is 48.9 Å². The summed E-state index contributed by atoms with van der Waals surface area (Å²) in [4.78, 5) is -0.741. The molecule has 0 aliphatic carbocycles. The van der Waals surface area contributed by atoms with E-state index in [4.69, 9.17) is 16.7 Å². The van der Waals surface area contributed by atoms with Crippen LogP contribution in [0.3, 0.4) is 0 Å². The zero-order chi connectivity index (χ0) is 18.8. The molecule has 0 fully saturated rings. The molecule has 0 unspecified atom stereocenters. The number of halogens is 2. The van der Waals surface area contributed by atoms with Crippen molar-refractivity contribution in [3.05, 3.63) is 63.8 Å². The van der Waals surface area contributed by atoms with E-state index < -0.39 is 30.8 Å². The van der Waals surface area contributed by atoms with Gasteiger partial charge < -0.3 is 0 Å². The SMILES string of the molecule is CC(=Cc1ccc(Cl)cc1)S(=O)(=O)Nc1ccc(F)cc1S(N)(=O)=O. The predicted octanol–water partition coefficient (Wildman–Crippen LogP) is 2.93. The van der Waals surface area contributed by atoms with Crippen LogP contribution in [-0.4, -0.2) is 16.8 Å². The van der Waals surface area contributed by atoms with Gasteiger partial charge >= 0.3 is 0 Å². The monoisotopic (exact) mass is 404 g/mol. The number of primary sulfonamides is 1. The first kappa shape index (κ1) is 19.4. The van der Waals surface area contributed by atoms with Gasteiger partial charge in [0.2, 0.25) is 10.0 Å². The van der Waals surface area contributed by atoms with Gasteiger partial charge in [-0.25, -0.2) is 26.4 Å². The van der Waals surface area contributed by atoms with Crippen LogP contribution in [0.4, 0.5) is 10.1 Å².